The van der Waals surface area contributed by atoms with Gasteiger partial charge in [0.25, 0.3) is 0 Å². The number of allylic oxidation sites excluding steroid dienone is 2. The van der Waals surface area contributed by atoms with Crippen LogP contribution in [0.1, 0.15) is 64.4 Å². The van der Waals surface area contributed by atoms with Gasteiger partial charge in [0.15, 0.2) is 0 Å². The summed E-state index contributed by atoms with van der Waals surface area (Å²) in [6.07, 6.45) is 15.6. The van der Waals surface area contributed by atoms with Gasteiger partial charge in [-0.2, -0.15) is 5.48 Å². The highest BCUT2D eigenvalue weighted by molar-refractivity contribution is 5.85. The van der Waals surface area contributed by atoms with Crippen LogP contribution in [0.5, 0.6) is 0 Å². The van der Waals surface area contributed by atoms with Gasteiger partial charge in [-0.3, -0.25) is 9.59 Å². The topological polar surface area (TPSA) is 103 Å². The van der Waals surface area contributed by atoms with Crippen LogP contribution >= 0.6 is 0 Å². The number of carbonyl (C=O) groups excluding carboxylic acids is 2. The summed E-state index contributed by atoms with van der Waals surface area (Å²) in [7, 11) is 0. The molecule has 7 nitrogen and oxygen atoms in total. The van der Waals surface area contributed by atoms with E-state index < -0.39 is 0 Å². The van der Waals surface area contributed by atoms with Crippen LogP contribution in [0.15, 0.2) is 54.8 Å². The van der Waals surface area contributed by atoms with Crippen LogP contribution < -0.4 is 11.2 Å². The number of piperidine rings is 1. The molecule has 200 valence electrons. The third kappa shape index (κ3) is 9.88. The number of hydrogen-bond acceptors (Lipinski definition) is 4. The lowest BCUT2D eigenvalue weighted by Crippen LogP contribution is -2.73. The summed E-state index contributed by atoms with van der Waals surface area (Å²) >= 11 is 0. The van der Waals surface area contributed by atoms with Gasteiger partial charge in [-0.25, -0.2) is 5.21 Å². The molecule has 1 aromatic rings. The van der Waals surface area contributed by atoms with E-state index in [0.29, 0.717) is 5.91 Å². The molecule has 0 atom stereocenters. The predicted octanol–water partition coefficient (Wildman–Crippen LogP) is 3.25. The van der Waals surface area contributed by atoms with Gasteiger partial charge in [-0.15, -0.1) is 0 Å². The fourth-order valence-electron chi connectivity index (χ4n) is 4.81. The van der Waals surface area contributed by atoms with Crippen molar-refractivity contribution >= 4 is 11.8 Å². The number of likely N-dealkylation sites (tertiary alicyclic amines) is 2. The van der Waals surface area contributed by atoms with Gasteiger partial charge in [-0.1, -0.05) is 56.3 Å². The first-order valence-electron chi connectivity index (χ1n) is 13.7. The minimum absolute atomic E-state index is 0.0919. The Labute approximate surface area is 217 Å². The lowest BCUT2D eigenvalue weighted by Gasteiger charge is -2.38. The number of hydroxylamine groups is 1. The number of benzene rings is 1. The molecule has 0 radical (unpaired) electrons. The van der Waals surface area contributed by atoms with Gasteiger partial charge in [0.05, 0.1) is 5.41 Å². The molecule has 0 unspecified atom stereocenters. The van der Waals surface area contributed by atoms with Gasteiger partial charge in [0.1, 0.15) is 6.20 Å². The van der Waals surface area contributed by atoms with Crippen molar-refractivity contribution in [3.63, 3.8) is 0 Å². The Balaban J connectivity index is 0.000000491. The molecule has 1 aliphatic carbocycles. The fourth-order valence-corrected chi connectivity index (χ4v) is 4.81. The fraction of sp³-hybridized carbons (Fsp3) is 0.586. The summed E-state index contributed by atoms with van der Waals surface area (Å²) in [5.74, 6) is 0.490. The third-order valence-electron chi connectivity index (χ3n) is 7.19. The van der Waals surface area contributed by atoms with Crippen molar-refractivity contribution in [3.8, 4) is 0 Å². The molecule has 7 heteroatoms. The Bertz CT molecular complexity index is 828. The van der Waals surface area contributed by atoms with Crippen LogP contribution in [-0.4, -0.2) is 59.5 Å². The van der Waals surface area contributed by atoms with Crippen molar-refractivity contribution in [3.05, 3.63) is 60.3 Å². The van der Waals surface area contributed by atoms with Gasteiger partial charge in [0, 0.05) is 19.0 Å². The molecule has 2 amide bonds. The zero-order valence-electron chi connectivity index (χ0n) is 22.3. The average Bonchev–Trinajstić information content (AvgIpc) is 3.73. The minimum atomic E-state index is -0.130. The highest BCUT2D eigenvalue weighted by atomic mass is 16.5. The molecule has 1 saturated carbocycles. The Hall–Kier alpha value is -2.48. The summed E-state index contributed by atoms with van der Waals surface area (Å²) in [5.41, 5.74) is 7.20. The highest BCUT2D eigenvalue weighted by Crippen LogP contribution is 2.41. The molecule has 5 N–H and O–H groups in total. The molecule has 4 rings (SSSR count). The molecule has 1 aromatic carbocycles. The second-order valence-corrected chi connectivity index (χ2v) is 9.68. The van der Waals surface area contributed by atoms with Crippen LogP contribution in [0.25, 0.3) is 0 Å². The van der Waals surface area contributed by atoms with Crippen molar-refractivity contribution < 1.29 is 20.3 Å². The Morgan fingerprint density at radius 2 is 1.75 bits per heavy atom. The largest absolute Gasteiger partial charge is 0.369 e. The number of carbonyl (C=O) groups is 2. The maximum atomic E-state index is 13.0. The number of quaternary nitrogens is 1. The van der Waals surface area contributed by atoms with E-state index in [2.05, 4.69) is 40.1 Å². The molecule has 36 heavy (non-hydrogen) atoms. The van der Waals surface area contributed by atoms with Crippen molar-refractivity contribution in [2.45, 2.75) is 65.2 Å². The Morgan fingerprint density at radius 1 is 1.08 bits per heavy atom. The van der Waals surface area contributed by atoms with Crippen LogP contribution in [0.4, 0.5) is 0 Å². The maximum absolute atomic E-state index is 13.0. The summed E-state index contributed by atoms with van der Waals surface area (Å²) in [5, 5.41) is 8.59. The first-order valence-corrected chi connectivity index (χ1v) is 13.7. The molecule has 2 heterocycles. The summed E-state index contributed by atoms with van der Waals surface area (Å²) in [6.45, 7) is 8.94. The van der Waals surface area contributed by atoms with E-state index >= 15 is 0 Å². The number of nitrogens with two attached hydrogens (primary N) is 2. The van der Waals surface area contributed by atoms with E-state index in [-0.39, 0.29) is 17.2 Å². The average molecular weight is 500 g/mol. The molecule has 2 aliphatic heterocycles. The minimum Gasteiger partial charge on any atom is -0.369 e. The van der Waals surface area contributed by atoms with Crippen molar-refractivity contribution in [2.75, 3.05) is 32.7 Å². The molecule has 1 spiro atoms. The summed E-state index contributed by atoms with van der Waals surface area (Å²) in [4.78, 5) is 27.6. The quantitative estimate of drug-likeness (QED) is 0.340. The van der Waals surface area contributed by atoms with Crippen LogP contribution in [-0.2, 0) is 16.0 Å². The zero-order valence-corrected chi connectivity index (χ0v) is 22.3. The number of amides is 2. The number of aryl methyl sites for hydroxylation is 1. The predicted molar refractivity (Wildman–Crippen MR) is 144 cm³/mol. The standard InChI is InChI=1S/C23H33N3O2.C4H7NO.C2H6/c27-22-23(14-20-26(22)17-7-2-1-6-15-24-28)12-18-25(19-13-23)16-8-11-21-9-4-3-5-10-21;5-4(6)3-1-2-3;1-2/h1-6,9-10,15,24,28H,7-8,11-14,16-20H2;3H,1-2H2,(H2,5,6);1-2H3/p+1/b2-1-,15-6-;;. The number of nitrogens with zero attached hydrogens (tertiary/aromatic N) is 2. The molecule has 0 bridgehead atoms. The van der Waals surface area contributed by atoms with E-state index in [1.54, 1.807) is 12.3 Å². The summed E-state index contributed by atoms with van der Waals surface area (Å²) in [6, 6.07) is 10.7. The number of hydrogen-bond donors (Lipinski definition) is 3. The van der Waals surface area contributed by atoms with E-state index in [4.69, 9.17) is 10.9 Å². The van der Waals surface area contributed by atoms with Crippen molar-refractivity contribution in [1.82, 2.24) is 9.80 Å². The van der Waals surface area contributed by atoms with Gasteiger partial charge < -0.3 is 15.5 Å². The third-order valence-corrected chi connectivity index (χ3v) is 7.19. The molecule has 0 aromatic heterocycles. The molecule has 3 fully saturated rings. The second-order valence-electron chi connectivity index (χ2n) is 9.68. The van der Waals surface area contributed by atoms with Crippen LogP contribution in [0, 0.1) is 11.3 Å². The summed E-state index contributed by atoms with van der Waals surface area (Å²) < 4.78 is 0. The first kappa shape index (κ1) is 29.7. The number of rotatable bonds is 10. The van der Waals surface area contributed by atoms with Gasteiger partial charge >= 0.3 is 0 Å². The van der Waals surface area contributed by atoms with Gasteiger partial charge in [0.2, 0.25) is 11.8 Å². The maximum Gasteiger partial charge on any atom is 0.228 e. The van der Waals surface area contributed by atoms with Crippen LogP contribution in [0.2, 0.25) is 0 Å². The highest BCUT2D eigenvalue weighted by Gasteiger charge is 2.47. The van der Waals surface area contributed by atoms with E-state index in [9.17, 15) is 9.59 Å². The molecule has 2 saturated heterocycles. The molecule has 3 aliphatic rings. The van der Waals surface area contributed by atoms with E-state index in [1.165, 1.54) is 12.0 Å². The van der Waals surface area contributed by atoms with Gasteiger partial charge in [-0.05, 0) is 82.6 Å². The monoisotopic (exact) mass is 499 g/mol. The zero-order chi connectivity index (χ0) is 26.2. The molecular formula is C29H47N4O3+. The van der Waals surface area contributed by atoms with Crippen LogP contribution in [0.3, 0.4) is 0 Å². The molecular weight excluding hydrogens is 452 g/mol. The van der Waals surface area contributed by atoms with Crippen molar-refractivity contribution in [1.29, 1.82) is 0 Å². The first-order chi connectivity index (χ1) is 17.5. The second kappa shape index (κ2) is 16.3. The van der Waals surface area contributed by atoms with Crippen molar-refractivity contribution in [2.24, 2.45) is 17.1 Å². The smallest absolute Gasteiger partial charge is 0.228 e. The number of primary amides is 1. The van der Waals surface area contributed by atoms with E-state index in [0.717, 1.165) is 83.1 Å². The lowest BCUT2D eigenvalue weighted by atomic mass is 9.77. The van der Waals surface area contributed by atoms with E-state index in [1.807, 2.05) is 26.0 Å². The normalized spacial score (nSPS) is 19.3. The SMILES string of the molecule is CC.NC(=O)C1CC1.O=C1N(CC/C=C\C=C/[NH2+]O)CCC12CCN(CCCc1ccccc1)CC2. The Kier molecular flexibility index (Phi) is 13.5. The Morgan fingerprint density at radius 3 is 2.33 bits per heavy atom. The lowest BCUT2D eigenvalue weighted by molar-refractivity contribution is -0.838.